The van der Waals surface area contributed by atoms with Gasteiger partial charge in [-0.05, 0) is 0 Å². The molecule has 1 heterocycles. The molecule has 0 atom stereocenters. The van der Waals surface area contributed by atoms with Gasteiger partial charge in [-0.3, -0.25) is 14.8 Å². The summed E-state index contributed by atoms with van der Waals surface area (Å²) >= 11 is 0. The first-order valence-corrected chi connectivity index (χ1v) is 5.81. The number of nitrogens with zero attached hydrogens (tertiary/aromatic N) is 3. The Morgan fingerprint density at radius 3 is 2.35 bits per heavy atom. The van der Waals surface area contributed by atoms with Crippen molar-refractivity contribution in [1.29, 1.82) is 0 Å². The Morgan fingerprint density at radius 2 is 2.00 bits per heavy atom. The molecule has 17 heavy (non-hydrogen) atoms. The van der Waals surface area contributed by atoms with Gasteiger partial charge in [0.05, 0.1) is 18.1 Å². The molecule has 0 aromatic carbocycles. The summed E-state index contributed by atoms with van der Waals surface area (Å²) in [7, 11) is 1.57. The Kier molecular flexibility index (Phi) is 13.3. The van der Waals surface area contributed by atoms with E-state index in [0.717, 1.165) is 0 Å². The lowest BCUT2D eigenvalue weighted by Gasteiger charge is -1.96. The zero-order chi connectivity index (χ0) is 13.7. The van der Waals surface area contributed by atoms with Crippen LogP contribution in [0, 0.1) is 10.1 Å². The molecule has 6 heteroatoms. The average Bonchev–Trinajstić information content (AvgIpc) is 2.79. The molecule has 0 spiro atoms. The maximum Gasteiger partial charge on any atom is 0.306 e. The third-order valence-electron chi connectivity index (χ3n) is 1.35. The fourth-order valence-corrected chi connectivity index (χ4v) is 0.754. The van der Waals surface area contributed by atoms with E-state index in [1.54, 1.807) is 7.11 Å². The Hall–Kier alpha value is -1.43. The molecular formula is C11H23N3O3. The number of ether oxygens (including phenoxy) is 1. The second-order valence-corrected chi connectivity index (χ2v) is 2.92. The van der Waals surface area contributed by atoms with E-state index in [2.05, 4.69) is 18.9 Å². The number of rotatable bonds is 4. The number of hydrogen-bond donors (Lipinski definition) is 0. The van der Waals surface area contributed by atoms with Crippen molar-refractivity contribution in [3.8, 4) is 0 Å². The molecule has 0 N–H and O–H groups in total. The highest BCUT2D eigenvalue weighted by atomic mass is 16.6. The van der Waals surface area contributed by atoms with Gasteiger partial charge in [0.1, 0.15) is 12.4 Å². The largest absolute Gasteiger partial charge is 0.383 e. The van der Waals surface area contributed by atoms with E-state index in [9.17, 15) is 10.1 Å². The van der Waals surface area contributed by atoms with Crippen LogP contribution in [-0.4, -0.2) is 28.4 Å². The minimum absolute atomic E-state index is 0.00565. The van der Waals surface area contributed by atoms with Crippen LogP contribution >= 0.6 is 0 Å². The molecule has 0 bridgehead atoms. The molecule has 0 radical (unpaired) electrons. The van der Waals surface area contributed by atoms with E-state index in [4.69, 9.17) is 4.74 Å². The highest BCUT2D eigenvalue weighted by molar-refractivity contribution is 5.20. The van der Waals surface area contributed by atoms with Crippen molar-refractivity contribution in [1.82, 2.24) is 9.78 Å². The van der Waals surface area contributed by atoms with Crippen LogP contribution in [0.4, 0.5) is 5.69 Å². The molecule has 100 valence electrons. The second-order valence-electron chi connectivity index (χ2n) is 2.92. The molecule has 0 saturated heterocycles. The zero-order valence-electron chi connectivity index (χ0n) is 11.3. The Balaban J connectivity index is 0. The standard InChI is InChI=1S/C6H9N3O3.C3H8.C2H6/c1-12-3-2-8-5-6(4-7-8)9(10)11;1-3-2;1-2/h4-5H,2-3H2,1H3;3H2,1-2H3;1-2H3. The van der Waals surface area contributed by atoms with Crippen LogP contribution in [0.1, 0.15) is 34.1 Å². The molecule has 0 unspecified atom stereocenters. The van der Waals surface area contributed by atoms with Crippen LogP contribution in [0.25, 0.3) is 0 Å². The van der Waals surface area contributed by atoms with Crippen molar-refractivity contribution in [3.05, 3.63) is 22.5 Å². The van der Waals surface area contributed by atoms with Crippen LogP contribution in [0.15, 0.2) is 12.4 Å². The molecule has 6 nitrogen and oxygen atoms in total. The molecule has 0 fully saturated rings. The van der Waals surface area contributed by atoms with Crippen molar-refractivity contribution in [2.24, 2.45) is 0 Å². The summed E-state index contributed by atoms with van der Waals surface area (Å²) in [6.07, 6.45) is 3.84. The van der Waals surface area contributed by atoms with Crippen molar-refractivity contribution < 1.29 is 9.66 Å². The summed E-state index contributed by atoms with van der Waals surface area (Å²) in [6, 6.07) is 0. The molecule has 0 aliphatic rings. The number of methoxy groups -OCH3 is 1. The van der Waals surface area contributed by atoms with Gasteiger partial charge >= 0.3 is 5.69 Å². The highest BCUT2D eigenvalue weighted by Crippen LogP contribution is 2.06. The Morgan fingerprint density at radius 1 is 1.47 bits per heavy atom. The summed E-state index contributed by atoms with van der Waals surface area (Å²) in [5.41, 5.74) is 0.00565. The van der Waals surface area contributed by atoms with Gasteiger partial charge in [0.15, 0.2) is 0 Å². The summed E-state index contributed by atoms with van der Waals surface area (Å²) in [6.45, 7) is 9.28. The van der Waals surface area contributed by atoms with Gasteiger partial charge in [0.25, 0.3) is 0 Å². The highest BCUT2D eigenvalue weighted by Gasteiger charge is 2.07. The van der Waals surface area contributed by atoms with Crippen LogP contribution < -0.4 is 0 Å². The molecule has 1 aromatic rings. The van der Waals surface area contributed by atoms with Crippen molar-refractivity contribution >= 4 is 5.69 Å². The predicted molar refractivity (Wildman–Crippen MR) is 68.1 cm³/mol. The van der Waals surface area contributed by atoms with Crippen molar-refractivity contribution in [2.45, 2.75) is 40.7 Å². The number of nitro groups is 1. The van der Waals surface area contributed by atoms with E-state index in [-0.39, 0.29) is 5.69 Å². The lowest BCUT2D eigenvalue weighted by Crippen LogP contribution is -2.03. The normalized spacial score (nSPS) is 8.53. The van der Waals surface area contributed by atoms with Gasteiger partial charge in [-0.15, -0.1) is 0 Å². The van der Waals surface area contributed by atoms with Gasteiger partial charge in [0.2, 0.25) is 0 Å². The van der Waals surface area contributed by atoms with Gasteiger partial charge in [0, 0.05) is 7.11 Å². The molecule has 0 amide bonds. The van der Waals surface area contributed by atoms with E-state index in [0.29, 0.717) is 13.2 Å². The van der Waals surface area contributed by atoms with Gasteiger partial charge in [-0.2, -0.15) is 5.10 Å². The fraction of sp³-hybridized carbons (Fsp3) is 0.727. The lowest BCUT2D eigenvalue weighted by atomic mass is 10.6. The summed E-state index contributed by atoms with van der Waals surface area (Å²) < 4.78 is 6.26. The summed E-state index contributed by atoms with van der Waals surface area (Å²) in [5, 5.41) is 14.0. The molecular weight excluding hydrogens is 222 g/mol. The lowest BCUT2D eigenvalue weighted by molar-refractivity contribution is -0.385. The third kappa shape index (κ3) is 9.50. The number of aromatic nitrogens is 2. The minimum atomic E-state index is -0.476. The van der Waals surface area contributed by atoms with Crippen LogP contribution in [-0.2, 0) is 11.3 Å². The molecule has 0 aliphatic heterocycles. The van der Waals surface area contributed by atoms with Gasteiger partial charge in [-0.25, -0.2) is 0 Å². The molecule has 1 rings (SSSR count). The average molecular weight is 245 g/mol. The molecule has 0 aliphatic carbocycles. The Labute approximate surface area is 103 Å². The first-order valence-electron chi connectivity index (χ1n) is 5.81. The quantitative estimate of drug-likeness (QED) is 0.604. The molecule has 0 saturated carbocycles. The van der Waals surface area contributed by atoms with Gasteiger partial charge in [-0.1, -0.05) is 34.1 Å². The maximum atomic E-state index is 10.2. The smallest absolute Gasteiger partial charge is 0.306 e. The maximum absolute atomic E-state index is 10.2. The van der Waals surface area contributed by atoms with Crippen molar-refractivity contribution in [2.75, 3.05) is 13.7 Å². The SMILES string of the molecule is CC.CCC.COCCn1cc([N+](=O)[O-])cn1. The van der Waals surface area contributed by atoms with Crippen LogP contribution in [0.3, 0.4) is 0 Å². The topological polar surface area (TPSA) is 70.2 Å². The van der Waals surface area contributed by atoms with Gasteiger partial charge < -0.3 is 4.74 Å². The monoisotopic (exact) mass is 245 g/mol. The number of hydrogen-bond acceptors (Lipinski definition) is 4. The summed E-state index contributed by atoms with van der Waals surface area (Å²) in [5.74, 6) is 0. The summed E-state index contributed by atoms with van der Waals surface area (Å²) in [4.78, 5) is 9.73. The Bertz CT molecular complexity index is 287. The van der Waals surface area contributed by atoms with E-state index < -0.39 is 4.92 Å². The third-order valence-corrected chi connectivity index (χ3v) is 1.35. The first-order chi connectivity index (χ1) is 8.15. The van der Waals surface area contributed by atoms with Crippen molar-refractivity contribution in [3.63, 3.8) is 0 Å². The minimum Gasteiger partial charge on any atom is -0.383 e. The van der Waals surface area contributed by atoms with Crippen LogP contribution in [0.2, 0.25) is 0 Å². The zero-order valence-corrected chi connectivity index (χ0v) is 11.3. The van der Waals surface area contributed by atoms with Crippen LogP contribution in [0.5, 0.6) is 0 Å². The second kappa shape index (κ2) is 12.6. The van der Waals surface area contributed by atoms with E-state index >= 15 is 0 Å². The van der Waals surface area contributed by atoms with E-state index in [1.165, 1.54) is 23.5 Å². The first kappa shape index (κ1) is 17.9. The van der Waals surface area contributed by atoms with E-state index in [1.807, 2.05) is 13.8 Å². The fourth-order valence-electron chi connectivity index (χ4n) is 0.754. The predicted octanol–water partition coefficient (Wildman–Crippen LogP) is 2.88. The molecule has 1 aromatic heterocycles.